The molecule has 0 unspecified atom stereocenters. The molecule has 0 aliphatic carbocycles. The molecule has 1 saturated heterocycles. The second-order valence-corrected chi connectivity index (χ2v) is 6.98. The summed E-state index contributed by atoms with van der Waals surface area (Å²) in [6.07, 6.45) is -0.0206. The highest BCUT2D eigenvalue weighted by molar-refractivity contribution is 5.58. The first kappa shape index (κ1) is 20.3. The number of nitrogens with zero attached hydrogens (tertiary/aromatic N) is 3. The third-order valence-corrected chi connectivity index (χ3v) is 4.78. The van der Waals surface area contributed by atoms with Crippen molar-refractivity contribution in [2.24, 2.45) is 0 Å². The first-order chi connectivity index (χ1) is 13.6. The van der Waals surface area contributed by atoms with Crippen molar-refractivity contribution in [2.45, 2.75) is 26.1 Å². The lowest BCUT2D eigenvalue weighted by molar-refractivity contribution is 0.287. The highest BCUT2D eigenvalue weighted by atomic mass is 19.1. The van der Waals surface area contributed by atoms with Crippen LogP contribution in [0.25, 0.3) is 0 Å². The number of nitrogens with one attached hydrogen (secondary N) is 3. The number of alkyl halides is 1. The van der Waals surface area contributed by atoms with Gasteiger partial charge in [-0.05, 0) is 31.5 Å². The van der Waals surface area contributed by atoms with E-state index in [1.807, 2.05) is 38.2 Å². The summed E-state index contributed by atoms with van der Waals surface area (Å²) in [4.78, 5) is 11.0. The summed E-state index contributed by atoms with van der Waals surface area (Å²) >= 11 is 0. The number of aryl methyl sites for hydroxylation is 1. The molecule has 1 atom stereocenters. The van der Waals surface area contributed by atoms with Gasteiger partial charge in [0, 0.05) is 62.8 Å². The van der Waals surface area contributed by atoms with E-state index in [1.54, 1.807) is 7.11 Å². The molecule has 8 heteroatoms. The van der Waals surface area contributed by atoms with Gasteiger partial charge >= 0.3 is 0 Å². The van der Waals surface area contributed by atoms with E-state index in [0.717, 1.165) is 48.1 Å². The Morgan fingerprint density at radius 2 is 2.14 bits per heavy atom. The van der Waals surface area contributed by atoms with Crippen LogP contribution in [0.15, 0.2) is 24.3 Å². The number of halogens is 1. The topological polar surface area (TPSA) is 74.3 Å². The summed E-state index contributed by atoms with van der Waals surface area (Å²) in [6, 6.07) is 7.80. The highest BCUT2D eigenvalue weighted by Crippen LogP contribution is 2.24. The summed E-state index contributed by atoms with van der Waals surface area (Å²) in [5, 5.41) is 9.71. The minimum Gasteiger partial charge on any atom is -0.496 e. The molecular formula is C20H29FN6O. The fraction of sp³-hybridized carbons (Fsp3) is 0.500. The molecule has 0 spiro atoms. The van der Waals surface area contributed by atoms with E-state index in [4.69, 9.17) is 4.74 Å². The van der Waals surface area contributed by atoms with Crippen LogP contribution in [-0.2, 0) is 6.54 Å². The second kappa shape index (κ2) is 9.66. The monoisotopic (exact) mass is 388 g/mol. The van der Waals surface area contributed by atoms with Crippen molar-refractivity contribution >= 4 is 17.5 Å². The minimum absolute atomic E-state index is 0.545. The molecule has 3 N–H and O–H groups in total. The van der Waals surface area contributed by atoms with Crippen LogP contribution in [0, 0.1) is 6.92 Å². The van der Waals surface area contributed by atoms with Gasteiger partial charge in [-0.2, -0.15) is 4.98 Å². The van der Waals surface area contributed by atoms with Gasteiger partial charge in [-0.25, -0.2) is 9.37 Å². The zero-order chi connectivity index (χ0) is 19.9. The van der Waals surface area contributed by atoms with E-state index >= 15 is 0 Å². The third-order valence-electron chi connectivity index (χ3n) is 4.78. The molecule has 152 valence electrons. The molecule has 1 fully saturated rings. The van der Waals surface area contributed by atoms with Gasteiger partial charge in [0.25, 0.3) is 0 Å². The van der Waals surface area contributed by atoms with Crippen LogP contribution in [-0.4, -0.2) is 61.4 Å². The Morgan fingerprint density at radius 1 is 1.29 bits per heavy atom. The number of benzene rings is 1. The predicted octanol–water partition coefficient (Wildman–Crippen LogP) is 2.71. The molecule has 28 heavy (non-hydrogen) atoms. The van der Waals surface area contributed by atoms with Crippen LogP contribution >= 0.6 is 0 Å². The molecule has 0 amide bonds. The highest BCUT2D eigenvalue weighted by Gasteiger charge is 2.20. The van der Waals surface area contributed by atoms with Gasteiger partial charge < -0.3 is 20.7 Å². The number of hydrogen-bond donors (Lipinski definition) is 3. The van der Waals surface area contributed by atoms with Crippen LogP contribution in [0.4, 0.5) is 21.8 Å². The van der Waals surface area contributed by atoms with Gasteiger partial charge in [-0.3, -0.25) is 4.90 Å². The minimum atomic E-state index is -0.671. The van der Waals surface area contributed by atoms with Crippen LogP contribution in [0.3, 0.4) is 0 Å². The third kappa shape index (κ3) is 5.53. The van der Waals surface area contributed by atoms with Crippen molar-refractivity contribution in [1.82, 2.24) is 20.2 Å². The Bertz CT molecular complexity index is 787. The number of methoxy groups -OCH3 is 1. The Hall–Kier alpha value is -2.45. The lowest BCUT2D eigenvalue weighted by atomic mass is 10.1. The molecule has 1 aromatic carbocycles. The van der Waals surface area contributed by atoms with E-state index in [9.17, 15) is 4.39 Å². The molecule has 2 aromatic rings. The van der Waals surface area contributed by atoms with Gasteiger partial charge in [0.05, 0.1) is 7.11 Å². The second-order valence-electron chi connectivity index (χ2n) is 6.98. The largest absolute Gasteiger partial charge is 0.496 e. The van der Waals surface area contributed by atoms with Crippen molar-refractivity contribution in [3.63, 3.8) is 0 Å². The van der Waals surface area contributed by atoms with Crippen LogP contribution in [0.2, 0.25) is 0 Å². The zero-order valence-electron chi connectivity index (χ0n) is 16.8. The quantitative estimate of drug-likeness (QED) is 0.570. The summed E-state index contributed by atoms with van der Waals surface area (Å²) in [5.74, 6) is 2.13. The molecule has 0 radical (unpaired) electrons. The number of rotatable bonds is 9. The molecule has 1 aliphatic rings. The Kier molecular flexibility index (Phi) is 7.00. The Morgan fingerprint density at radius 3 is 2.86 bits per heavy atom. The number of likely N-dealkylation sites (tertiary alicyclic amines) is 1. The Balaban J connectivity index is 1.60. The van der Waals surface area contributed by atoms with Gasteiger partial charge in [-0.1, -0.05) is 0 Å². The molecule has 1 aliphatic heterocycles. The summed E-state index contributed by atoms with van der Waals surface area (Å²) < 4.78 is 18.7. The number of aromatic nitrogens is 2. The number of anilines is 3. The molecule has 2 heterocycles. The molecule has 0 bridgehead atoms. The lowest BCUT2D eigenvalue weighted by Crippen LogP contribution is -2.30. The maximum Gasteiger partial charge on any atom is 0.229 e. The number of ether oxygens (including phenoxy) is 1. The van der Waals surface area contributed by atoms with E-state index < -0.39 is 6.17 Å². The van der Waals surface area contributed by atoms with E-state index in [0.29, 0.717) is 25.5 Å². The average molecular weight is 388 g/mol. The maximum atomic E-state index is 13.2. The normalized spacial score (nSPS) is 16.9. The van der Waals surface area contributed by atoms with Crippen molar-refractivity contribution in [1.29, 1.82) is 0 Å². The fourth-order valence-electron chi connectivity index (χ4n) is 3.32. The fourth-order valence-corrected chi connectivity index (χ4v) is 3.32. The average Bonchev–Trinajstić information content (AvgIpc) is 3.10. The van der Waals surface area contributed by atoms with Crippen LogP contribution in [0.5, 0.6) is 5.75 Å². The standard InChI is InChI=1S/C20H29FN6O/c1-14-10-19(22-2)26-20(24-14)25-17-4-5-18(28-3)15(11-17)12-23-7-9-27-8-6-16(21)13-27/h4-5,10-11,16,23H,6-9,12-13H2,1-3H3,(H2,22,24,25,26)/t16-/m1/s1. The maximum absolute atomic E-state index is 13.2. The van der Waals surface area contributed by atoms with Gasteiger partial charge in [-0.15, -0.1) is 0 Å². The lowest BCUT2D eigenvalue weighted by Gasteiger charge is -2.16. The van der Waals surface area contributed by atoms with Crippen molar-refractivity contribution in [3.05, 3.63) is 35.5 Å². The summed E-state index contributed by atoms with van der Waals surface area (Å²) in [5.41, 5.74) is 2.82. The molecular weight excluding hydrogens is 359 g/mol. The van der Waals surface area contributed by atoms with Gasteiger partial charge in [0.1, 0.15) is 17.7 Å². The van der Waals surface area contributed by atoms with Gasteiger partial charge in [0.15, 0.2) is 0 Å². The van der Waals surface area contributed by atoms with Crippen LogP contribution in [0.1, 0.15) is 17.7 Å². The van der Waals surface area contributed by atoms with E-state index in [2.05, 4.69) is 30.8 Å². The molecule has 1 aromatic heterocycles. The Labute approximate surface area is 165 Å². The van der Waals surface area contributed by atoms with Crippen LogP contribution < -0.4 is 20.7 Å². The number of hydrogen-bond acceptors (Lipinski definition) is 7. The predicted molar refractivity (Wildman–Crippen MR) is 110 cm³/mol. The smallest absolute Gasteiger partial charge is 0.229 e. The van der Waals surface area contributed by atoms with Gasteiger partial charge in [0.2, 0.25) is 5.95 Å². The van der Waals surface area contributed by atoms with Crippen molar-refractivity contribution in [2.75, 3.05) is 51.0 Å². The van der Waals surface area contributed by atoms with E-state index in [1.165, 1.54) is 0 Å². The zero-order valence-corrected chi connectivity index (χ0v) is 16.8. The van der Waals surface area contributed by atoms with Crippen molar-refractivity contribution in [3.8, 4) is 5.75 Å². The summed E-state index contributed by atoms with van der Waals surface area (Å²) in [6.45, 7) is 5.65. The SMILES string of the molecule is CNc1cc(C)nc(Nc2ccc(OC)c(CNCCN3CC[C@@H](F)C3)c2)n1. The van der Waals surface area contributed by atoms with Crippen molar-refractivity contribution < 1.29 is 9.13 Å². The molecule has 7 nitrogen and oxygen atoms in total. The van der Waals surface area contributed by atoms with E-state index in [-0.39, 0.29) is 0 Å². The first-order valence-electron chi connectivity index (χ1n) is 9.62. The first-order valence-corrected chi connectivity index (χ1v) is 9.62. The summed E-state index contributed by atoms with van der Waals surface area (Å²) in [7, 11) is 3.50. The molecule has 0 saturated carbocycles. The molecule has 3 rings (SSSR count).